The molecule has 4 rings (SSSR count). The van der Waals surface area contributed by atoms with E-state index in [2.05, 4.69) is 22.3 Å². The molecule has 0 aliphatic carbocycles. The molecule has 1 N–H and O–H groups in total. The fourth-order valence-electron chi connectivity index (χ4n) is 3.90. The van der Waals surface area contributed by atoms with Crippen LogP contribution in [0.25, 0.3) is 0 Å². The molecule has 152 valence electrons. The molecule has 1 atom stereocenters. The molecule has 0 bridgehead atoms. The van der Waals surface area contributed by atoms with Crippen molar-refractivity contribution in [2.24, 2.45) is 0 Å². The van der Waals surface area contributed by atoms with Gasteiger partial charge >= 0.3 is 0 Å². The summed E-state index contributed by atoms with van der Waals surface area (Å²) in [5, 5.41) is 3.44. The number of amides is 1. The van der Waals surface area contributed by atoms with Crippen molar-refractivity contribution in [3.63, 3.8) is 0 Å². The van der Waals surface area contributed by atoms with Gasteiger partial charge in [0.15, 0.2) is 5.78 Å². The van der Waals surface area contributed by atoms with E-state index >= 15 is 0 Å². The number of carbonyl (C=O) groups is 2. The first-order valence-electron chi connectivity index (χ1n) is 10.1. The van der Waals surface area contributed by atoms with E-state index in [1.807, 2.05) is 36.4 Å². The first kappa shape index (κ1) is 20.3. The van der Waals surface area contributed by atoms with E-state index in [0.29, 0.717) is 21.8 Å². The summed E-state index contributed by atoms with van der Waals surface area (Å²) >= 11 is 6.15. The van der Waals surface area contributed by atoms with Gasteiger partial charge in [-0.2, -0.15) is 0 Å². The van der Waals surface area contributed by atoms with Crippen LogP contribution in [0.4, 0.5) is 5.69 Å². The zero-order chi connectivity index (χ0) is 20.9. The van der Waals surface area contributed by atoms with Gasteiger partial charge in [-0.3, -0.25) is 14.5 Å². The molecule has 0 aromatic heterocycles. The molecule has 1 amide bonds. The Hall–Kier alpha value is -2.95. The average Bonchev–Trinajstić information content (AvgIpc) is 3.24. The van der Waals surface area contributed by atoms with E-state index in [0.717, 1.165) is 25.9 Å². The lowest BCUT2D eigenvalue weighted by Crippen LogP contribution is -2.39. The fraction of sp³-hybridized carbons (Fsp3) is 0.200. The minimum Gasteiger partial charge on any atom is -0.324 e. The summed E-state index contributed by atoms with van der Waals surface area (Å²) in [6, 6.07) is 23.9. The van der Waals surface area contributed by atoms with Crippen molar-refractivity contribution >= 4 is 29.0 Å². The highest BCUT2D eigenvalue weighted by Crippen LogP contribution is 2.26. The zero-order valence-corrected chi connectivity index (χ0v) is 17.3. The van der Waals surface area contributed by atoms with Crippen LogP contribution in [-0.2, 0) is 11.3 Å². The number of rotatable bonds is 6. The Bertz CT molecular complexity index is 1040. The summed E-state index contributed by atoms with van der Waals surface area (Å²) in [7, 11) is 0. The number of nitrogens with one attached hydrogen (secondary N) is 1. The van der Waals surface area contributed by atoms with Gasteiger partial charge < -0.3 is 5.32 Å². The van der Waals surface area contributed by atoms with E-state index in [-0.39, 0.29) is 17.7 Å². The Balaban J connectivity index is 1.54. The number of ketones is 1. The highest BCUT2D eigenvalue weighted by molar-refractivity contribution is 6.31. The smallest absolute Gasteiger partial charge is 0.241 e. The molecule has 1 aliphatic heterocycles. The van der Waals surface area contributed by atoms with Crippen molar-refractivity contribution in [3.8, 4) is 0 Å². The van der Waals surface area contributed by atoms with Gasteiger partial charge in [0.1, 0.15) is 0 Å². The molecule has 0 radical (unpaired) electrons. The Labute approximate surface area is 181 Å². The van der Waals surface area contributed by atoms with Crippen molar-refractivity contribution in [2.45, 2.75) is 25.4 Å². The van der Waals surface area contributed by atoms with E-state index in [1.165, 1.54) is 5.56 Å². The maximum absolute atomic E-state index is 13.1. The summed E-state index contributed by atoms with van der Waals surface area (Å²) in [4.78, 5) is 28.3. The molecule has 5 heteroatoms. The molecule has 1 fully saturated rings. The molecule has 3 aromatic carbocycles. The molecule has 3 aromatic rings. The quantitative estimate of drug-likeness (QED) is 0.561. The van der Waals surface area contributed by atoms with Gasteiger partial charge in [0, 0.05) is 22.7 Å². The maximum Gasteiger partial charge on any atom is 0.241 e. The number of likely N-dealkylation sites (tertiary alicyclic amines) is 1. The van der Waals surface area contributed by atoms with Gasteiger partial charge in [-0.15, -0.1) is 0 Å². The van der Waals surface area contributed by atoms with Crippen LogP contribution < -0.4 is 5.32 Å². The highest BCUT2D eigenvalue weighted by atomic mass is 35.5. The van der Waals surface area contributed by atoms with Gasteiger partial charge in [-0.25, -0.2) is 0 Å². The number of nitrogens with zero attached hydrogens (tertiary/aromatic N) is 1. The Morgan fingerprint density at radius 2 is 1.67 bits per heavy atom. The molecule has 0 saturated carbocycles. The second-order valence-corrected chi connectivity index (χ2v) is 7.92. The molecule has 1 saturated heterocycles. The SMILES string of the molecule is O=C(c1ccccc1)c1cc(Cl)ccc1NC(=O)C1CCCN1Cc1ccccc1. The topological polar surface area (TPSA) is 49.4 Å². The van der Waals surface area contributed by atoms with E-state index in [4.69, 9.17) is 11.6 Å². The average molecular weight is 419 g/mol. The van der Waals surface area contributed by atoms with E-state index in [9.17, 15) is 9.59 Å². The number of halogens is 1. The third kappa shape index (κ3) is 4.61. The third-order valence-electron chi connectivity index (χ3n) is 5.41. The van der Waals surface area contributed by atoms with Crippen LogP contribution in [0.1, 0.15) is 34.3 Å². The Morgan fingerprint density at radius 1 is 0.967 bits per heavy atom. The minimum absolute atomic E-state index is 0.0899. The molecule has 0 spiro atoms. The monoisotopic (exact) mass is 418 g/mol. The van der Waals surface area contributed by atoms with Crippen LogP contribution in [0.5, 0.6) is 0 Å². The van der Waals surface area contributed by atoms with Crippen molar-refractivity contribution in [2.75, 3.05) is 11.9 Å². The predicted octanol–water partition coefficient (Wildman–Crippen LogP) is 5.17. The lowest BCUT2D eigenvalue weighted by atomic mass is 10.0. The minimum atomic E-state index is -0.222. The first-order chi connectivity index (χ1) is 14.6. The zero-order valence-electron chi connectivity index (χ0n) is 16.6. The van der Waals surface area contributed by atoms with Crippen molar-refractivity contribution in [1.82, 2.24) is 4.90 Å². The molecular weight excluding hydrogens is 396 g/mol. The number of carbonyl (C=O) groups excluding carboxylic acids is 2. The lowest BCUT2D eigenvalue weighted by molar-refractivity contribution is -0.120. The van der Waals surface area contributed by atoms with Crippen molar-refractivity contribution < 1.29 is 9.59 Å². The van der Waals surface area contributed by atoms with Crippen LogP contribution in [-0.4, -0.2) is 29.2 Å². The number of anilines is 1. The summed E-state index contributed by atoms with van der Waals surface area (Å²) in [5.41, 5.74) is 2.63. The molecule has 1 heterocycles. The van der Waals surface area contributed by atoms with Crippen LogP contribution in [0.15, 0.2) is 78.9 Å². The number of hydrogen-bond acceptors (Lipinski definition) is 3. The van der Waals surface area contributed by atoms with Gasteiger partial charge in [-0.1, -0.05) is 72.3 Å². The molecular formula is C25H23ClN2O2. The molecule has 1 aliphatic rings. The van der Waals surface area contributed by atoms with Gasteiger partial charge in [-0.05, 0) is 43.1 Å². The summed E-state index contributed by atoms with van der Waals surface area (Å²) in [6.45, 7) is 1.61. The lowest BCUT2D eigenvalue weighted by Gasteiger charge is -2.24. The number of benzene rings is 3. The van der Waals surface area contributed by atoms with Crippen molar-refractivity contribution in [3.05, 3.63) is 101 Å². The summed E-state index contributed by atoms with van der Waals surface area (Å²) in [5.74, 6) is -0.256. The fourth-order valence-corrected chi connectivity index (χ4v) is 4.08. The Kier molecular flexibility index (Phi) is 6.26. The van der Waals surface area contributed by atoms with Crippen LogP contribution in [0, 0.1) is 0 Å². The summed E-state index contributed by atoms with van der Waals surface area (Å²) < 4.78 is 0. The summed E-state index contributed by atoms with van der Waals surface area (Å²) in [6.07, 6.45) is 1.77. The van der Waals surface area contributed by atoms with Crippen LogP contribution in [0.3, 0.4) is 0 Å². The predicted molar refractivity (Wildman–Crippen MR) is 120 cm³/mol. The van der Waals surface area contributed by atoms with Crippen molar-refractivity contribution in [1.29, 1.82) is 0 Å². The van der Waals surface area contributed by atoms with Gasteiger partial charge in [0.05, 0.1) is 11.7 Å². The molecule has 30 heavy (non-hydrogen) atoms. The third-order valence-corrected chi connectivity index (χ3v) is 5.65. The molecule has 4 nitrogen and oxygen atoms in total. The first-order valence-corrected chi connectivity index (χ1v) is 10.5. The number of hydrogen-bond donors (Lipinski definition) is 1. The standard InChI is InChI=1S/C25H23ClN2O2/c26-20-13-14-22(21(16-20)24(29)19-10-5-2-6-11-19)27-25(30)23-12-7-15-28(23)17-18-8-3-1-4-9-18/h1-6,8-11,13-14,16,23H,7,12,15,17H2,(H,27,30). The largest absolute Gasteiger partial charge is 0.324 e. The van der Waals surface area contributed by atoms with Crippen LogP contribution in [0.2, 0.25) is 5.02 Å². The second-order valence-electron chi connectivity index (χ2n) is 7.49. The maximum atomic E-state index is 13.1. The van der Waals surface area contributed by atoms with Crippen LogP contribution >= 0.6 is 11.6 Å². The normalized spacial score (nSPS) is 16.4. The van der Waals surface area contributed by atoms with Gasteiger partial charge in [0.2, 0.25) is 5.91 Å². The van der Waals surface area contributed by atoms with Gasteiger partial charge in [0.25, 0.3) is 0 Å². The Morgan fingerprint density at radius 3 is 2.40 bits per heavy atom. The van der Waals surface area contributed by atoms with E-state index in [1.54, 1.807) is 30.3 Å². The van der Waals surface area contributed by atoms with E-state index < -0.39 is 0 Å². The highest BCUT2D eigenvalue weighted by Gasteiger charge is 2.31. The molecule has 1 unspecified atom stereocenters. The second kappa shape index (κ2) is 9.24.